The topological polar surface area (TPSA) is 64.0 Å². The molecule has 1 N–H and O–H groups in total. The molecule has 1 aromatic heterocycles. The fourth-order valence-corrected chi connectivity index (χ4v) is 2.81. The fraction of sp³-hybridized carbons (Fsp3) is 0.211. The van der Waals surface area contributed by atoms with Gasteiger partial charge in [0.05, 0.1) is 11.0 Å². The van der Waals surface area contributed by atoms with Gasteiger partial charge in [-0.15, -0.1) is 0 Å². The van der Waals surface area contributed by atoms with Gasteiger partial charge >= 0.3 is 6.18 Å². The maximum Gasteiger partial charge on any atom is 0.438 e. The zero-order chi connectivity index (χ0) is 20.5. The molecule has 9 heteroatoms. The summed E-state index contributed by atoms with van der Waals surface area (Å²) in [4.78, 5) is 28.3. The second kappa shape index (κ2) is 7.41. The Morgan fingerprint density at radius 3 is 2.46 bits per heavy atom. The quantitative estimate of drug-likeness (QED) is 0.691. The number of fused-ring (bicyclic) bond motifs is 1. The van der Waals surface area contributed by atoms with Crippen molar-refractivity contribution < 1.29 is 22.4 Å². The van der Waals surface area contributed by atoms with Crippen LogP contribution in [-0.2, 0) is 17.5 Å². The summed E-state index contributed by atoms with van der Waals surface area (Å²) in [5, 5.41) is 2.45. The number of aromatic nitrogens is 2. The van der Waals surface area contributed by atoms with Gasteiger partial charge in [-0.1, -0.05) is 30.3 Å². The molecule has 0 aliphatic heterocycles. The molecule has 0 unspecified atom stereocenters. The van der Waals surface area contributed by atoms with Crippen molar-refractivity contribution in [2.45, 2.75) is 25.7 Å². The molecular formula is C19H15F4N3O2. The first-order valence-corrected chi connectivity index (χ1v) is 8.29. The second-order valence-corrected chi connectivity index (χ2v) is 6.11. The maximum atomic E-state index is 13.7. The number of amides is 1. The lowest BCUT2D eigenvalue weighted by atomic mass is 10.2. The van der Waals surface area contributed by atoms with Crippen LogP contribution in [-0.4, -0.2) is 15.5 Å². The largest absolute Gasteiger partial charge is 0.438 e. The van der Waals surface area contributed by atoms with Gasteiger partial charge in [0.25, 0.3) is 5.56 Å². The van der Waals surface area contributed by atoms with Crippen molar-refractivity contribution in [1.82, 2.24) is 14.9 Å². The third-order valence-corrected chi connectivity index (χ3v) is 4.24. The van der Waals surface area contributed by atoms with E-state index in [-0.39, 0.29) is 23.1 Å². The number of benzene rings is 2. The minimum atomic E-state index is -4.97. The SMILES string of the molecule is C[C@@H](C(=O)NCc1ccccc1F)n1c(=O)c(C(F)(F)F)nc2ccccc21. The predicted molar refractivity (Wildman–Crippen MR) is 94.0 cm³/mol. The first-order chi connectivity index (χ1) is 13.2. The van der Waals surface area contributed by atoms with Crippen LogP contribution in [0.25, 0.3) is 11.0 Å². The molecule has 1 heterocycles. The average Bonchev–Trinajstić information content (AvgIpc) is 2.65. The summed E-state index contributed by atoms with van der Waals surface area (Å²) < 4.78 is 54.1. The molecular weight excluding hydrogens is 378 g/mol. The van der Waals surface area contributed by atoms with Crippen LogP contribution in [0.4, 0.5) is 17.6 Å². The number of nitrogens with one attached hydrogen (secondary N) is 1. The summed E-state index contributed by atoms with van der Waals surface area (Å²) in [7, 11) is 0. The Morgan fingerprint density at radius 2 is 1.79 bits per heavy atom. The van der Waals surface area contributed by atoms with E-state index < -0.39 is 35.2 Å². The van der Waals surface area contributed by atoms with E-state index in [0.29, 0.717) is 0 Å². The van der Waals surface area contributed by atoms with Gasteiger partial charge in [0.15, 0.2) is 0 Å². The zero-order valence-corrected chi connectivity index (χ0v) is 14.6. The van der Waals surface area contributed by atoms with Crippen LogP contribution in [0, 0.1) is 5.82 Å². The van der Waals surface area contributed by atoms with Crippen LogP contribution in [0.3, 0.4) is 0 Å². The molecule has 5 nitrogen and oxygen atoms in total. The minimum Gasteiger partial charge on any atom is -0.350 e. The van der Waals surface area contributed by atoms with Crippen LogP contribution in [0.5, 0.6) is 0 Å². The molecule has 3 rings (SSSR count). The van der Waals surface area contributed by atoms with Crippen LogP contribution < -0.4 is 10.9 Å². The molecule has 3 aromatic rings. The number of carbonyl (C=O) groups is 1. The van der Waals surface area contributed by atoms with Gasteiger partial charge < -0.3 is 5.32 Å². The number of para-hydroxylation sites is 2. The van der Waals surface area contributed by atoms with Gasteiger partial charge in [-0.2, -0.15) is 13.2 Å². The van der Waals surface area contributed by atoms with E-state index in [2.05, 4.69) is 10.3 Å². The lowest BCUT2D eigenvalue weighted by Gasteiger charge is -2.19. The molecule has 146 valence electrons. The number of nitrogens with zero attached hydrogens (tertiary/aromatic N) is 2. The molecule has 1 atom stereocenters. The molecule has 0 fully saturated rings. The Hall–Kier alpha value is -3.23. The number of halogens is 4. The van der Waals surface area contributed by atoms with Gasteiger partial charge in [0.2, 0.25) is 11.6 Å². The van der Waals surface area contributed by atoms with Gasteiger partial charge in [-0.3, -0.25) is 14.2 Å². The number of alkyl halides is 3. The first kappa shape index (κ1) is 19.5. The van der Waals surface area contributed by atoms with Crippen molar-refractivity contribution in [3.05, 3.63) is 76.0 Å². The highest BCUT2D eigenvalue weighted by atomic mass is 19.4. The van der Waals surface area contributed by atoms with Crippen molar-refractivity contribution >= 4 is 16.9 Å². The highest BCUT2D eigenvalue weighted by Crippen LogP contribution is 2.27. The predicted octanol–water partition coefficient (Wildman–Crippen LogP) is 3.43. The smallest absolute Gasteiger partial charge is 0.350 e. The summed E-state index contributed by atoms with van der Waals surface area (Å²) in [6.07, 6.45) is -4.97. The average molecular weight is 393 g/mol. The molecule has 0 aliphatic carbocycles. The molecule has 2 aromatic carbocycles. The minimum absolute atomic E-state index is 0.0665. The second-order valence-electron chi connectivity index (χ2n) is 6.11. The van der Waals surface area contributed by atoms with Crippen LogP contribution >= 0.6 is 0 Å². The lowest BCUT2D eigenvalue weighted by molar-refractivity contribution is -0.142. The van der Waals surface area contributed by atoms with E-state index in [1.165, 1.54) is 49.4 Å². The Balaban J connectivity index is 1.99. The first-order valence-electron chi connectivity index (χ1n) is 8.29. The van der Waals surface area contributed by atoms with E-state index in [9.17, 15) is 27.2 Å². The highest BCUT2D eigenvalue weighted by molar-refractivity contribution is 5.83. The van der Waals surface area contributed by atoms with Crippen LogP contribution in [0.2, 0.25) is 0 Å². The Morgan fingerprint density at radius 1 is 1.14 bits per heavy atom. The maximum absolute atomic E-state index is 13.7. The summed E-state index contributed by atoms with van der Waals surface area (Å²) >= 11 is 0. The number of hydrogen-bond donors (Lipinski definition) is 1. The van der Waals surface area contributed by atoms with Gasteiger partial charge in [0.1, 0.15) is 11.9 Å². The third-order valence-electron chi connectivity index (χ3n) is 4.24. The van der Waals surface area contributed by atoms with Gasteiger partial charge in [-0.25, -0.2) is 9.37 Å². The van der Waals surface area contributed by atoms with Gasteiger partial charge in [0, 0.05) is 12.1 Å². The monoisotopic (exact) mass is 393 g/mol. The zero-order valence-electron chi connectivity index (χ0n) is 14.6. The summed E-state index contributed by atoms with van der Waals surface area (Å²) in [6, 6.07) is 10.2. The molecule has 1 amide bonds. The van der Waals surface area contributed by atoms with Gasteiger partial charge in [-0.05, 0) is 25.1 Å². The molecule has 0 radical (unpaired) electrons. The van der Waals surface area contributed by atoms with Crippen molar-refractivity contribution in [2.24, 2.45) is 0 Å². The fourth-order valence-electron chi connectivity index (χ4n) is 2.81. The molecule has 0 aliphatic rings. The van der Waals surface area contributed by atoms with Crippen molar-refractivity contribution in [1.29, 1.82) is 0 Å². The molecule has 0 bridgehead atoms. The number of rotatable bonds is 4. The standard InChI is InChI=1S/C19H15F4N3O2/c1-11(17(27)24-10-12-6-2-3-7-13(12)20)26-15-9-5-4-8-14(15)25-16(18(26)28)19(21,22)23/h2-9,11H,10H2,1H3,(H,24,27)/t11-/m0/s1. The van der Waals surface area contributed by atoms with E-state index in [1.807, 2.05) is 0 Å². The lowest BCUT2D eigenvalue weighted by Crippen LogP contribution is -2.39. The molecule has 0 saturated carbocycles. The molecule has 0 saturated heterocycles. The van der Waals surface area contributed by atoms with Crippen molar-refractivity contribution in [2.75, 3.05) is 0 Å². The van der Waals surface area contributed by atoms with Crippen molar-refractivity contribution in [3.63, 3.8) is 0 Å². The van der Waals surface area contributed by atoms with Crippen LogP contribution in [0.1, 0.15) is 24.2 Å². The summed E-state index contributed by atoms with van der Waals surface area (Å²) in [5.41, 5.74) is -2.78. The van der Waals surface area contributed by atoms with E-state index in [4.69, 9.17) is 0 Å². The molecule has 28 heavy (non-hydrogen) atoms. The van der Waals surface area contributed by atoms with E-state index in [1.54, 1.807) is 6.07 Å². The third kappa shape index (κ3) is 3.73. The Kier molecular flexibility index (Phi) is 5.17. The van der Waals surface area contributed by atoms with E-state index >= 15 is 0 Å². The Bertz CT molecular complexity index is 1090. The number of carbonyl (C=O) groups excluding carboxylic acids is 1. The summed E-state index contributed by atoms with van der Waals surface area (Å²) in [5.74, 6) is -1.25. The number of hydrogen-bond acceptors (Lipinski definition) is 3. The van der Waals surface area contributed by atoms with E-state index in [0.717, 1.165) is 4.57 Å². The molecule has 0 spiro atoms. The Labute approximate surface area is 156 Å². The summed E-state index contributed by atoms with van der Waals surface area (Å²) in [6.45, 7) is 1.13. The van der Waals surface area contributed by atoms with Crippen LogP contribution in [0.15, 0.2) is 53.3 Å². The normalized spacial score (nSPS) is 12.8. The van der Waals surface area contributed by atoms with Crippen molar-refractivity contribution in [3.8, 4) is 0 Å². The highest BCUT2D eigenvalue weighted by Gasteiger charge is 2.38.